The zero-order chi connectivity index (χ0) is 20.4. The second-order valence-electron chi connectivity index (χ2n) is 7.90. The molecule has 1 aliphatic heterocycles. The highest BCUT2D eigenvalue weighted by Crippen LogP contribution is 2.48. The van der Waals surface area contributed by atoms with Crippen LogP contribution in [0.1, 0.15) is 53.5 Å². The molecule has 5 nitrogen and oxygen atoms in total. The number of nitrogens with one attached hydrogen (secondary N) is 1. The van der Waals surface area contributed by atoms with Crippen LogP contribution in [0.4, 0.5) is 5.69 Å². The van der Waals surface area contributed by atoms with Gasteiger partial charge in [-0.25, -0.2) is 0 Å². The summed E-state index contributed by atoms with van der Waals surface area (Å²) in [6.45, 7) is 6.69. The number of nitrogens with zero attached hydrogens (tertiary/aromatic N) is 2. The zero-order valence-electron chi connectivity index (χ0n) is 17.2. The van der Waals surface area contributed by atoms with Crippen LogP contribution in [0.15, 0.2) is 35.7 Å². The Balaban J connectivity index is 1.38. The number of fused-ring (bicyclic) bond motifs is 1. The molecule has 1 fully saturated rings. The molecule has 0 radical (unpaired) electrons. The lowest BCUT2D eigenvalue weighted by molar-refractivity contribution is -0.118. The fourth-order valence-corrected chi connectivity index (χ4v) is 5.23. The van der Waals surface area contributed by atoms with Crippen molar-refractivity contribution in [3.63, 3.8) is 0 Å². The number of hydrogen-bond donors (Lipinski definition) is 1. The lowest BCUT2D eigenvalue weighted by atomic mass is 9.96. The molecule has 2 aromatic rings. The van der Waals surface area contributed by atoms with E-state index in [2.05, 4.69) is 21.7 Å². The summed E-state index contributed by atoms with van der Waals surface area (Å²) >= 11 is 1.85. The van der Waals surface area contributed by atoms with E-state index in [1.807, 2.05) is 37.3 Å². The van der Waals surface area contributed by atoms with Crippen LogP contribution in [-0.4, -0.2) is 47.8 Å². The van der Waals surface area contributed by atoms with Gasteiger partial charge >= 0.3 is 0 Å². The van der Waals surface area contributed by atoms with Gasteiger partial charge < -0.3 is 10.2 Å². The molecule has 2 heterocycles. The summed E-state index contributed by atoms with van der Waals surface area (Å²) in [7, 11) is 0. The van der Waals surface area contributed by atoms with E-state index in [9.17, 15) is 9.59 Å². The number of carbonyl (C=O) groups excluding carboxylic acids is 2. The molecule has 1 N–H and O–H groups in total. The first kappa shape index (κ1) is 20.1. The summed E-state index contributed by atoms with van der Waals surface area (Å²) in [5, 5.41) is 5.19. The standard InChI is InChI=1S/C23H29N3O2S/c1-3-25(4-2)23(28)17-7-9-18(10-8-17)24-21(27)15-26-13-11-20-19(12-14-29-20)22(26)16-5-6-16/h7-10,12,14,16,22H,3-6,11,13,15H2,1-2H3,(H,24,27)/t22-/m1/s1. The Hall–Kier alpha value is -2.18. The SMILES string of the molecule is CCN(CC)C(=O)c1ccc(NC(=O)CN2CCc3sccc3[C@H]2C2CC2)cc1. The maximum absolute atomic E-state index is 12.7. The van der Waals surface area contributed by atoms with Crippen LogP contribution in [-0.2, 0) is 11.2 Å². The molecule has 0 spiro atoms. The molecule has 154 valence electrons. The van der Waals surface area contributed by atoms with Crippen molar-refractivity contribution in [2.75, 3.05) is 31.5 Å². The predicted molar refractivity (Wildman–Crippen MR) is 117 cm³/mol. The Morgan fingerprint density at radius 1 is 1.14 bits per heavy atom. The van der Waals surface area contributed by atoms with E-state index in [-0.39, 0.29) is 11.8 Å². The minimum absolute atomic E-state index is 0.0112. The molecule has 0 bridgehead atoms. The summed E-state index contributed by atoms with van der Waals surface area (Å²) in [6, 6.07) is 9.87. The Kier molecular flexibility index (Phi) is 6.01. The monoisotopic (exact) mass is 411 g/mol. The van der Waals surface area contributed by atoms with Crippen LogP contribution in [0.5, 0.6) is 0 Å². The first-order valence-corrected chi connectivity index (χ1v) is 11.5. The molecule has 0 saturated heterocycles. The number of rotatable bonds is 7. The summed E-state index contributed by atoms with van der Waals surface area (Å²) in [5.74, 6) is 0.735. The molecule has 1 saturated carbocycles. The molecule has 1 aliphatic carbocycles. The van der Waals surface area contributed by atoms with Crippen molar-refractivity contribution in [1.82, 2.24) is 9.80 Å². The van der Waals surface area contributed by atoms with E-state index in [1.165, 1.54) is 23.3 Å². The topological polar surface area (TPSA) is 52.7 Å². The highest BCUT2D eigenvalue weighted by Gasteiger charge is 2.40. The molecule has 1 atom stereocenters. The second-order valence-corrected chi connectivity index (χ2v) is 8.91. The van der Waals surface area contributed by atoms with Gasteiger partial charge in [0.15, 0.2) is 0 Å². The van der Waals surface area contributed by atoms with Crippen molar-refractivity contribution in [2.45, 2.75) is 39.2 Å². The van der Waals surface area contributed by atoms with E-state index < -0.39 is 0 Å². The van der Waals surface area contributed by atoms with E-state index >= 15 is 0 Å². The molecule has 1 aromatic heterocycles. The van der Waals surface area contributed by atoms with Crippen molar-refractivity contribution < 1.29 is 9.59 Å². The first-order chi connectivity index (χ1) is 14.1. The lowest BCUT2D eigenvalue weighted by Crippen LogP contribution is -2.41. The highest BCUT2D eigenvalue weighted by atomic mass is 32.1. The maximum atomic E-state index is 12.7. The van der Waals surface area contributed by atoms with Gasteiger partial charge in [0.05, 0.1) is 6.54 Å². The van der Waals surface area contributed by atoms with Crippen molar-refractivity contribution in [1.29, 1.82) is 0 Å². The number of benzene rings is 1. The number of carbonyl (C=O) groups is 2. The molecule has 0 unspecified atom stereocenters. The van der Waals surface area contributed by atoms with Crippen LogP contribution >= 0.6 is 11.3 Å². The molecule has 2 amide bonds. The summed E-state index contributed by atoms with van der Waals surface area (Å²) in [5.41, 5.74) is 2.83. The Morgan fingerprint density at radius 2 is 1.86 bits per heavy atom. The minimum atomic E-state index is 0.0112. The lowest BCUT2D eigenvalue weighted by Gasteiger charge is -2.35. The molecule has 4 rings (SSSR count). The third kappa shape index (κ3) is 4.38. The summed E-state index contributed by atoms with van der Waals surface area (Å²) < 4.78 is 0. The number of amides is 2. The minimum Gasteiger partial charge on any atom is -0.339 e. The molecular formula is C23H29N3O2S. The molecular weight excluding hydrogens is 382 g/mol. The van der Waals surface area contributed by atoms with Gasteiger partial charge in [-0.15, -0.1) is 11.3 Å². The molecule has 1 aromatic carbocycles. The van der Waals surface area contributed by atoms with Crippen molar-refractivity contribution in [3.8, 4) is 0 Å². The van der Waals surface area contributed by atoms with E-state index in [1.54, 1.807) is 17.0 Å². The van der Waals surface area contributed by atoms with Gasteiger partial charge in [-0.3, -0.25) is 14.5 Å². The highest BCUT2D eigenvalue weighted by molar-refractivity contribution is 7.10. The number of hydrogen-bond acceptors (Lipinski definition) is 4. The normalized spacial score (nSPS) is 18.9. The molecule has 2 aliphatic rings. The van der Waals surface area contributed by atoms with Gasteiger partial charge in [0.2, 0.25) is 5.91 Å². The third-order valence-electron chi connectivity index (χ3n) is 6.00. The first-order valence-electron chi connectivity index (χ1n) is 10.6. The van der Waals surface area contributed by atoms with Crippen LogP contribution in [0, 0.1) is 5.92 Å². The van der Waals surface area contributed by atoms with Crippen molar-refractivity contribution in [2.24, 2.45) is 5.92 Å². The number of anilines is 1. The fourth-order valence-electron chi connectivity index (χ4n) is 4.31. The third-order valence-corrected chi connectivity index (χ3v) is 7.00. The maximum Gasteiger partial charge on any atom is 0.253 e. The average molecular weight is 412 g/mol. The van der Waals surface area contributed by atoms with Gasteiger partial charge in [-0.05, 0) is 80.3 Å². The second kappa shape index (κ2) is 8.67. The fraction of sp³-hybridized carbons (Fsp3) is 0.478. The summed E-state index contributed by atoms with van der Waals surface area (Å²) in [4.78, 5) is 30.8. The van der Waals surface area contributed by atoms with Gasteiger partial charge in [-0.1, -0.05) is 0 Å². The smallest absolute Gasteiger partial charge is 0.253 e. The van der Waals surface area contributed by atoms with Crippen LogP contribution in [0.2, 0.25) is 0 Å². The van der Waals surface area contributed by atoms with Gasteiger partial charge in [-0.2, -0.15) is 0 Å². The quantitative estimate of drug-likeness (QED) is 0.744. The Morgan fingerprint density at radius 3 is 2.52 bits per heavy atom. The van der Waals surface area contributed by atoms with Crippen molar-refractivity contribution in [3.05, 3.63) is 51.7 Å². The van der Waals surface area contributed by atoms with Crippen LogP contribution < -0.4 is 5.32 Å². The van der Waals surface area contributed by atoms with E-state index in [4.69, 9.17) is 0 Å². The largest absolute Gasteiger partial charge is 0.339 e. The van der Waals surface area contributed by atoms with Gasteiger partial charge in [0.25, 0.3) is 5.91 Å². The van der Waals surface area contributed by atoms with E-state index in [0.29, 0.717) is 37.2 Å². The van der Waals surface area contributed by atoms with Crippen molar-refractivity contribution >= 4 is 28.8 Å². The summed E-state index contributed by atoms with van der Waals surface area (Å²) in [6.07, 6.45) is 3.56. The molecule has 6 heteroatoms. The van der Waals surface area contributed by atoms with Crippen LogP contribution in [0.25, 0.3) is 0 Å². The Bertz CT molecular complexity index is 869. The predicted octanol–water partition coefficient (Wildman–Crippen LogP) is 4.18. The van der Waals surface area contributed by atoms with E-state index in [0.717, 1.165) is 18.7 Å². The zero-order valence-corrected chi connectivity index (χ0v) is 18.0. The van der Waals surface area contributed by atoms with Crippen LogP contribution in [0.3, 0.4) is 0 Å². The van der Waals surface area contributed by atoms with Gasteiger partial charge in [0, 0.05) is 41.8 Å². The van der Waals surface area contributed by atoms with Gasteiger partial charge in [0.1, 0.15) is 0 Å². The number of thiophene rings is 1. The average Bonchev–Trinajstić information content (AvgIpc) is 3.45. The Labute approximate surface area is 176 Å². The molecule has 29 heavy (non-hydrogen) atoms.